The van der Waals surface area contributed by atoms with Crippen molar-refractivity contribution in [2.45, 2.75) is 304 Å². The Bertz CT molecular complexity index is 1570. The van der Waals surface area contributed by atoms with Gasteiger partial charge in [0.1, 0.15) is 0 Å². The first-order valence-corrected chi connectivity index (χ1v) is 35.8. The number of fused-ring (bicyclic) bond motifs is 40. The van der Waals surface area contributed by atoms with Crippen LogP contribution in [-0.4, -0.2) is 98.7 Å². The van der Waals surface area contributed by atoms with Crippen LogP contribution in [0.15, 0.2) is 0 Å². The molecule has 81 heavy (non-hydrogen) atoms. The molecule has 16 bridgehead atoms. The molecule has 10 aliphatic heterocycles. The van der Waals surface area contributed by atoms with Crippen LogP contribution in [-0.2, 0) is 0 Å². The highest BCUT2D eigenvalue weighted by molar-refractivity contribution is 5.85. The summed E-state index contributed by atoms with van der Waals surface area (Å²) in [6, 6.07) is 0. The van der Waals surface area contributed by atoms with Crippen molar-refractivity contribution in [2.75, 3.05) is 0 Å². The molecular formula is C64H113ClN16. The fraction of sp³-hybridized carbons (Fsp3) is 1.00. The Balaban J connectivity index is 0.000000132. The molecular weight excluding hydrogens is 1030 g/mol. The van der Waals surface area contributed by atoms with E-state index in [4.69, 9.17) is 0 Å². The van der Waals surface area contributed by atoms with Gasteiger partial charge >= 0.3 is 0 Å². The zero-order valence-electron chi connectivity index (χ0n) is 49.5. The second-order valence-corrected chi connectivity index (χ2v) is 31.2. The number of halogens is 1. The summed E-state index contributed by atoms with van der Waals surface area (Å²) in [4.78, 5) is 0. The predicted molar refractivity (Wildman–Crippen MR) is 322 cm³/mol. The van der Waals surface area contributed by atoms with E-state index in [0.717, 1.165) is 94.7 Å². The summed E-state index contributed by atoms with van der Waals surface area (Å²) in [6.45, 7) is 0. The van der Waals surface area contributed by atoms with Crippen LogP contribution in [0.4, 0.5) is 0 Å². The first kappa shape index (κ1) is 55.9. The summed E-state index contributed by atoms with van der Waals surface area (Å²) in [7, 11) is 0. The number of nitrogens with one attached hydrogen (secondary N) is 16. The van der Waals surface area contributed by atoms with Gasteiger partial charge in [-0.3, -0.25) is 85.1 Å². The van der Waals surface area contributed by atoms with Gasteiger partial charge in [0.25, 0.3) is 0 Å². The standard InChI is InChI=1S/2C32H56N8.ClH/c2*1-2-10-18-17(9-1)25-33-26(18)38-28-21-13-5-6-14-22(21)30(35-28)40-32-24-16-8-7-15-23(24)31(36-32)39-29-20-12-4-3-11-19(20)27(34-29)37-25;/h2*17-40H,1-16H2;1H. The summed E-state index contributed by atoms with van der Waals surface area (Å²) in [5.41, 5.74) is 0. The average molecular weight is 1140 g/mol. The second-order valence-electron chi connectivity index (χ2n) is 31.2. The molecule has 18 aliphatic rings. The van der Waals surface area contributed by atoms with Gasteiger partial charge in [0.2, 0.25) is 0 Å². The SMILES string of the molecule is C1CCC2C3NC(NC4NC(NC5NC(NC6NC(N3)C3CCCCC63)C3CCCCC53)C3CCCCC43)C2C1.C1CCC2C3NC(NC4NC(NC5NC(NC6NC(N3)C3CCCCC63)C3CCCCC53)C3CCCCC43)C2C1.Cl. The molecule has 10 saturated heterocycles. The summed E-state index contributed by atoms with van der Waals surface area (Å²) >= 11 is 0. The summed E-state index contributed by atoms with van der Waals surface area (Å²) in [6.07, 6.45) is 51.1. The third kappa shape index (κ3) is 10.3. The molecule has 0 aromatic heterocycles. The molecule has 0 radical (unpaired) electrons. The Labute approximate surface area is 494 Å². The van der Waals surface area contributed by atoms with E-state index in [1.807, 2.05) is 0 Å². The molecule has 8 aliphatic carbocycles. The van der Waals surface area contributed by atoms with E-state index < -0.39 is 0 Å². The Morgan fingerprint density at radius 2 is 0.173 bits per heavy atom. The van der Waals surface area contributed by atoms with E-state index >= 15 is 0 Å². The van der Waals surface area contributed by atoms with Crippen molar-refractivity contribution in [2.24, 2.45) is 94.7 Å². The highest BCUT2D eigenvalue weighted by Crippen LogP contribution is 2.49. The average Bonchev–Trinajstić information content (AvgIpc) is 4.47. The van der Waals surface area contributed by atoms with Crippen LogP contribution in [0.25, 0.3) is 0 Å². The predicted octanol–water partition coefficient (Wildman–Crippen LogP) is 5.63. The molecule has 0 spiro atoms. The van der Waals surface area contributed by atoms with Crippen molar-refractivity contribution < 1.29 is 0 Å². The third-order valence-electron chi connectivity index (χ3n) is 27.6. The highest BCUT2D eigenvalue weighted by atomic mass is 35.5. The van der Waals surface area contributed by atoms with Gasteiger partial charge in [-0.1, -0.05) is 103 Å². The number of rotatable bonds is 0. The molecule has 0 amide bonds. The third-order valence-corrected chi connectivity index (χ3v) is 27.6. The molecule has 17 heteroatoms. The van der Waals surface area contributed by atoms with E-state index in [2.05, 4.69) is 85.1 Å². The normalized spacial score (nSPS) is 56.9. The van der Waals surface area contributed by atoms with E-state index in [1.54, 1.807) is 0 Å². The minimum Gasteiger partial charge on any atom is -0.286 e. The molecule has 16 atom stereocenters. The molecule has 0 aromatic rings. The van der Waals surface area contributed by atoms with Gasteiger partial charge in [0.15, 0.2) is 0 Å². The zero-order valence-corrected chi connectivity index (χ0v) is 50.3. The van der Waals surface area contributed by atoms with Crippen LogP contribution < -0.4 is 85.1 Å². The van der Waals surface area contributed by atoms with Gasteiger partial charge in [-0.15, -0.1) is 12.4 Å². The molecule has 16 unspecified atom stereocenters. The van der Waals surface area contributed by atoms with E-state index in [1.165, 1.54) is 205 Å². The lowest BCUT2D eigenvalue weighted by molar-refractivity contribution is 0.167. The lowest BCUT2D eigenvalue weighted by Crippen LogP contribution is -2.61. The van der Waals surface area contributed by atoms with Gasteiger partial charge in [-0.25, -0.2) is 0 Å². The number of hydrogen-bond acceptors (Lipinski definition) is 16. The monoisotopic (exact) mass is 1140 g/mol. The largest absolute Gasteiger partial charge is 0.286 e. The van der Waals surface area contributed by atoms with Crippen LogP contribution in [0.5, 0.6) is 0 Å². The Morgan fingerprint density at radius 3 is 0.235 bits per heavy atom. The highest BCUT2D eigenvalue weighted by Gasteiger charge is 2.57. The molecule has 18 rings (SSSR count). The Hall–Kier alpha value is -0.350. The van der Waals surface area contributed by atoms with E-state index in [9.17, 15) is 0 Å². The Morgan fingerprint density at radius 1 is 0.111 bits per heavy atom. The molecule has 8 saturated carbocycles. The van der Waals surface area contributed by atoms with Crippen molar-refractivity contribution in [3.05, 3.63) is 0 Å². The summed E-state index contributed by atoms with van der Waals surface area (Å²) in [5.74, 6) is 11.9. The molecule has 16 nitrogen and oxygen atoms in total. The van der Waals surface area contributed by atoms with Gasteiger partial charge in [-0.05, 0) is 197 Å². The van der Waals surface area contributed by atoms with Crippen molar-refractivity contribution in [3.8, 4) is 0 Å². The molecule has 18 fully saturated rings. The lowest BCUT2D eigenvalue weighted by atomic mass is 9.76. The molecule has 456 valence electrons. The Kier molecular flexibility index (Phi) is 16.5. The maximum atomic E-state index is 4.26. The first-order chi connectivity index (χ1) is 39.6. The summed E-state index contributed by atoms with van der Waals surface area (Å²) < 4.78 is 0. The van der Waals surface area contributed by atoms with Crippen LogP contribution in [0.2, 0.25) is 0 Å². The quantitative estimate of drug-likeness (QED) is 0.143. The van der Waals surface area contributed by atoms with Crippen molar-refractivity contribution in [3.63, 3.8) is 0 Å². The first-order valence-electron chi connectivity index (χ1n) is 35.8. The molecule has 0 aromatic carbocycles. The zero-order chi connectivity index (χ0) is 52.4. The van der Waals surface area contributed by atoms with Crippen molar-refractivity contribution in [1.82, 2.24) is 85.1 Å². The van der Waals surface area contributed by atoms with Crippen molar-refractivity contribution >= 4 is 12.4 Å². The number of hydrogen-bond donors (Lipinski definition) is 16. The second kappa shape index (κ2) is 23.9. The van der Waals surface area contributed by atoms with Gasteiger partial charge in [0, 0.05) is 0 Å². The minimum absolute atomic E-state index is 0. The molecule has 16 N–H and O–H groups in total. The smallest absolute Gasteiger partial charge is 0.0628 e. The van der Waals surface area contributed by atoms with Gasteiger partial charge < -0.3 is 0 Å². The van der Waals surface area contributed by atoms with Crippen LogP contribution in [0, 0.1) is 94.7 Å². The minimum atomic E-state index is 0. The molecule has 10 heterocycles. The lowest BCUT2D eigenvalue weighted by Gasteiger charge is -2.35. The van der Waals surface area contributed by atoms with Crippen LogP contribution in [0.1, 0.15) is 205 Å². The fourth-order valence-electron chi connectivity index (χ4n) is 23.9. The topological polar surface area (TPSA) is 192 Å². The maximum Gasteiger partial charge on any atom is 0.0628 e. The van der Waals surface area contributed by atoms with Crippen molar-refractivity contribution in [1.29, 1.82) is 0 Å². The van der Waals surface area contributed by atoms with Crippen LogP contribution in [0.3, 0.4) is 0 Å². The summed E-state index contributed by atoms with van der Waals surface area (Å²) in [5, 5.41) is 67.6. The fourth-order valence-corrected chi connectivity index (χ4v) is 23.9. The van der Waals surface area contributed by atoms with E-state index in [0.29, 0.717) is 98.7 Å². The maximum absolute atomic E-state index is 4.26. The van der Waals surface area contributed by atoms with Gasteiger partial charge in [0.05, 0.1) is 98.7 Å². The van der Waals surface area contributed by atoms with Gasteiger partial charge in [-0.2, -0.15) is 0 Å². The van der Waals surface area contributed by atoms with Crippen LogP contribution >= 0.6 is 12.4 Å². The van der Waals surface area contributed by atoms with E-state index in [-0.39, 0.29) is 12.4 Å².